The summed E-state index contributed by atoms with van der Waals surface area (Å²) in [7, 11) is -4.38. The Kier molecular flexibility index (Phi) is 4.57. The summed E-state index contributed by atoms with van der Waals surface area (Å²) >= 11 is 0. The van der Waals surface area contributed by atoms with Gasteiger partial charge in [-0.15, -0.1) is 6.42 Å². The maximum atomic E-state index is 10.3. The van der Waals surface area contributed by atoms with Crippen LogP contribution in [-0.2, 0) is 9.09 Å². The van der Waals surface area contributed by atoms with Gasteiger partial charge in [-0.05, 0) is 20.8 Å². The van der Waals surface area contributed by atoms with Gasteiger partial charge in [0.25, 0.3) is 0 Å². The van der Waals surface area contributed by atoms with Crippen molar-refractivity contribution in [3.63, 3.8) is 0 Å². The van der Waals surface area contributed by atoms with Gasteiger partial charge in [0.15, 0.2) is 0 Å². The quantitative estimate of drug-likeness (QED) is 0.428. The number of rotatable bonds is 4. The fourth-order valence-electron chi connectivity index (χ4n) is 0.628. The molecule has 4 nitrogen and oxygen atoms in total. The van der Waals surface area contributed by atoms with Gasteiger partial charge in [0.05, 0.1) is 6.61 Å². The van der Waals surface area contributed by atoms with Gasteiger partial charge in [0, 0.05) is 5.41 Å². The molecular weight excluding hydrogens is 203 g/mol. The Morgan fingerprint density at radius 3 is 2.50 bits per heavy atom. The summed E-state index contributed by atoms with van der Waals surface area (Å²) in [6, 6.07) is 0. The average Bonchev–Trinajstić information content (AvgIpc) is 2.02. The van der Waals surface area contributed by atoms with Crippen LogP contribution in [0.4, 0.5) is 0 Å². The van der Waals surface area contributed by atoms with Crippen molar-refractivity contribution in [2.75, 3.05) is 6.61 Å². The molecule has 0 aliphatic carbocycles. The van der Waals surface area contributed by atoms with E-state index in [9.17, 15) is 4.57 Å². The number of phosphoric acid groups is 1. The molecule has 0 aromatic carbocycles. The fraction of sp³-hybridized carbons (Fsp3) is 0.556. The Bertz CT molecular complexity index is 305. The highest BCUT2D eigenvalue weighted by molar-refractivity contribution is 7.46. The van der Waals surface area contributed by atoms with Crippen molar-refractivity contribution in [2.45, 2.75) is 20.8 Å². The monoisotopic (exact) mass is 218 g/mol. The number of phosphoric ester groups is 1. The molecule has 5 heteroatoms. The molecule has 0 radical (unpaired) electrons. The van der Waals surface area contributed by atoms with E-state index in [-0.39, 0.29) is 6.61 Å². The molecule has 0 rings (SSSR count). The highest BCUT2D eigenvalue weighted by atomic mass is 31.2. The molecule has 80 valence electrons. The first-order valence-electron chi connectivity index (χ1n) is 4.04. The first kappa shape index (κ1) is 13.4. The fourth-order valence-corrected chi connectivity index (χ4v) is 0.897. The predicted octanol–water partition coefficient (Wildman–Crippen LogP) is 1.70. The van der Waals surface area contributed by atoms with E-state index >= 15 is 0 Å². The lowest BCUT2D eigenvalue weighted by molar-refractivity contribution is 0.215. The smallest absolute Gasteiger partial charge is 0.303 e. The minimum absolute atomic E-state index is 0.138. The van der Waals surface area contributed by atoms with Crippen LogP contribution in [0.1, 0.15) is 20.8 Å². The van der Waals surface area contributed by atoms with Crippen molar-refractivity contribution in [1.82, 2.24) is 0 Å². The molecule has 0 saturated heterocycles. The standard InChI is InChI=1S/C9H15O4P/c1-5-9(3,4)8(2)6-7-13-14(10,11)12/h1,6H,7H2,2-4H3,(H2,10,11,12). The summed E-state index contributed by atoms with van der Waals surface area (Å²) in [5.41, 5.74) is 0.423. The van der Waals surface area contributed by atoms with Gasteiger partial charge in [-0.2, -0.15) is 0 Å². The summed E-state index contributed by atoms with van der Waals surface area (Å²) in [5, 5.41) is 0. The van der Waals surface area contributed by atoms with E-state index in [4.69, 9.17) is 16.2 Å². The molecule has 0 bridgehead atoms. The van der Waals surface area contributed by atoms with Crippen LogP contribution in [0.15, 0.2) is 11.6 Å². The molecule has 0 amide bonds. The van der Waals surface area contributed by atoms with Crippen LogP contribution in [-0.4, -0.2) is 16.4 Å². The second-order valence-corrected chi connectivity index (χ2v) is 4.68. The Labute approximate surface area is 84.2 Å². The van der Waals surface area contributed by atoms with Crippen molar-refractivity contribution in [3.8, 4) is 12.3 Å². The molecule has 0 heterocycles. The van der Waals surface area contributed by atoms with Gasteiger partial charge in [0.1, 0.15) is 0 Å². The van der Waals surface area contributed by atoms with E-state index in [1.807, 2.05) is 13.8 Å². The molecular formula is C9H15O4P. The summed E-state index contributed by atoms with van der Waals surface area (Å²) in [6.07, 6.45) is 6.85. The molecule has 0 spiro atoms. The number of hydrogen-bond acceptors (Lipinski definition) is 2. The molecule has 0 aliphatic heterocycles. The van der Waals surface area contributed by atoms with E-state index in [2.05, 4.69) is 10.4 Å². The average molecular weight is 218 g/mol. The minimum Gasteiger partial charge on any atom is -0.303 e. The van der Waals surface area contributed by atoms with Crippen molar-refractivity contribution in [3.05, 3.63) is 11.6 Å². The van der Waals surface area contributed by atoms with Crippen molar-refractivity contribution < 1.29 is 18.9 Å². The van der Waals surface area contributed by atoms with E-state index in [1.54, 1.807) is 13.0 Å². The minimum atomic E-state index is -4.38. The predicted molar refractivity (Wildman–Crippen MR) is 54.4 cm³/mol. The van der Waals surface area contributed by atoms with Gasteiger partial charge in [0.2, 0.25) is 0 Å². The number of terminal acetylenes is 1. The van der Waals surface area contributed by atoms with Crippen LogP contribution in [0.3, 0.4) is 0 Å². The largest absolute Gasteiger partial charge is 0.469 e. The maximum Gasteiger partial charge on any atom is 0.469 e. The van der Waals surface area contributed by atoms with Crippen LogP contribution in [0, 0.1) is 17.8 Å². The lowest BCUT2D eigenvalue weighted by Gasteiger charge is -2.18. The summed E-state index contributed by atoms with van der Waals surface area (Å²) in [5.74, 6) is 2.57. The summed E-state index contributed by atoms with van der Waals surface area (Å²) < 4.78 is 14.6. The zero-order chi connectivity index (χ0) is 11.4. The van der Waals surface area contributed by atoms with Crippen LogP contribution in [0.25, 0.3) is 0 Å². The third-order valence-corrected chi connectivity index (χ3v) is 2.46. The number of allylic oxidation sites excluding steroid dienone is 1. The highest BCUT2D eigenvalue weighted by Gasteiger charge is 2.17. The zero-order valence-electron chi connectivity index (χ0n) is 8.52. The van der Waals surface area contributed by atoms with Crippen LogP contribution in [0.2, 0.25) is 0 Å². The van der Waals surface area contributed by atoms with Gasteiger partial charge in [-0.1, -0.05) is 17.6 Å². The van der Waals surface area contributed by atoms with Crippen LogP contribution < -0.4 is 0 Å². The van der Waals surface area contributed by atoms with Crippen molar-refractivity contribution in [2.24, 2.45) is 5.41 Å². The van der Waals surface area contributed by atoms with Gasteiger partial charge in [-0.3, -0.25) is 4.52 Å². The zero-order valence-corrected chi connectivity index (χ0v) is 9.41. The Hall–Kier alpha value is -0.590. The van der Waals surface area contributed by atoms with E-state index in [0.717, 1.165) is 5.57 Å². The van der Waals surface area contributed by atoms with E-state index < -0.39 is 13.2 Å². The van der Waals surface area contributed by atoms with E-state index in [1.165, 1.54) is 0 Å². The SMILES string of the molecule is C#CC(C)(C)C(C)=CCOP(=O)(O)O. The number of hydrogen-bond donors (Lipinski definition) is 2. The second kappa shape index (κ2) is 4.77. The molecule has 0 atom stereocenters. The van der Waals surface area contributed by atoms with Crippen molar-refractivity contribution >= 4 is 7.82 Å². The lowest BCUT2D eigenvalue weighted by atomic mass is 9.86. The van der Waals surface area contributed by atoms with Gasteiger partial charge < -0.3 is 9.79 Å². The van der Waals surface area contributed by atoms with Crippen LogP contribution >= 0.6 is 7.82 Å². The third kappa shape index (κ3) is 5.21. The molecule has 2 N–H and O–H groups in total. The molecule has 0 aliphatic rings. The highest BCUT2D eigenvalue weighted by Crippen LogP contribution is 2.36. The molecule has 0 saturated carbocycles. The third-order valence-electron chi connectivity index (χ3n) is 1.98. The topological polar surface area (TPSA) is 66.8 Å². The first-order valence-corrected chi connectivity index (χ1v) is 5.57. The lowest BCUT2D eigenvalue weighted by Crippen LogP contribution is -2.10. The molecule has 0 aromatic heterocycles. The first-order chi connectivity index (χ1) is 6.19. The summed E-state index contributed by atoms with van der Waals surface area (Å²) in [4.78, 5) is 16.8. The van der Waals surface area contributed by atoms with Crippen LogP contribution in [0.5, 0.6) is 0 Å². The van der Waals surface area contributed by atoms with Crippen molar-refractivity contribution in [1.29, 1.82) is 0 Å². The van der Waals surface area contributed by atoms with Gasteiger partial charge in [-0.25, -0.2) is 4.57 Å². The Morgan fingerprint density at radius 2 is 2.14 bits per heavy atom. The maximum absolute atomic E-state index is 10.3. The normalized spacial score (nSPS) is 13.9. The second-order valence-electron chi connectivity index (χ2n) is 3.44. The summed E-state index contributed by atoms with van der Waals surface area (Å²) in [6.45, 7) is 5.34. The Morgan fingerprint density at radius 1 is 1.64 bits per heavy atom. The van der Waals surface area contributed by atoms with Gasteiger partial charge >= 0.3 is 7.82 Å². The molecule has 0 aromatic rings. The molecule has 0 unspecified atom stereocenters. The molecule has 0 fully saturated rings. The Balaban J connectivity index is 4.30. The van der Waals surface area contributed by atoms with E-state index in [0.29, 0.717) is 0 Å². The molecule has 14 heavy (non-hydrogen) atoms.